The average molecular weight is 254 g/mol. The van der Waals surface area contributed by atoms with Crippen molar-refractivity contribution in [2.75, 3.05) is 32.8 Å². The molecule has 6 heteroatoms. The van der Waals surface area contributed by atoms with Crippen LogP contribution in [0, 0.1) is 0 Å². The first-order valence-electron chi connectivity index (χ1n) is 6.18. The molecule has 3 aliphatic heterocycles. The summed E-state index contributed by atoms with van der Waals surface area (Å²) in [5.41, 5.74) is 2.15. The van der Waals surface area contributed by atoms with Crippen molar-refractivity contribution in [3.63, 3.8) is 0 Å². The molecule has 0 saturated carbocycles. The van der Waals surface area contributed by atoms with Gasteiger partial charge in [0.2, 0.25) is 0 Å². The molecule has 3 aliphatic rings. The molecule has 3 heterocycles. The zero-order valence-electron chi connectivity index (χ0n) is 10.1. The van der Waals surface area contributed by atoms with Crippen molar-refractivity contribution < 1.29 is 4.74 Å². The van der Waals surface area contributed by atoms with Crippen LogP contribution in [-0.2, 0) is 15.8 Å². The minimum atomic E-state index is -0.311. The first-order chi connectivity index (χ1) is 8.34. The molecule has 1 unspecified atom stereocenters. The highest BCUT2D eigenvalue weighted by molar-refractivity contribution is 7.83. The molecule has 94 valence electrons. The second-order valence-corrected chi connectivity index (χ2v) is 5.79. The Kier molecular flexibility index (Phi) is 3.26. The van der Waals surface area contributed by atoms with E-state index in [1.54, 1.807) is 0 Å². The van der Waals surface area contributed by atoms with Crippen LogP contribution in [0.5, 0.6) is 0 Å². The molecule has 0 radical (unpaired) electrons. The zero-order chi connectivity index (χ0) is 11.7. The van der Waals surface area contributed by atoms with Crippen LogP contribution in [0.3, 0.4) is 0 Å². The number of allylic oxidation sites excluding steroid dienone is 2. The van der Waals surface area contributed by atoms with Gasteiger partial charge in [0.1, 0.15) is 0 Å². The second-order valence-electron chi connectivity index (χ2n) is 4.42. The van der Waals surface area contributed by atoms with Gasteiger partial charge in [-0.05, 0) is 19.8 Å². The summed E-state index contributed by atoms with van der Waals surface area (Å²) in [4.78, 5) is 0. The van der Waals surface area contributed by atoms with E-state index in [4.69, 9.17) is 9.13 Å². The van der Waals surface area contributed by atoms with E-state index in [-0.39, 0.29) is 11.1 Å². The fraction of sp³-hybridized carbons (Fsp3) is 0.727. The lowest BCUT2D eigenvalue weighted by molar-refractivity contribution is 0.210. The van der Waals surface area contributed by atoms with Crippen LogP contribution in [0.1, 0.15) is 19.8 Å². The summed E-state index contributed by atoms with van der Waals surface area (Å²) >= 11 is -0.311. The van der Waals surface area contributed by atoms with E-state index >= 15 is 0 Å². The predicted octanol–water partition coefficient (Wildman–Crippen LogP) is 1.02. The average Bonchev–Trinajstić information content (AvgIpc) is 2.40. The van der Waals surface area contributed by atoms with Gasteiger partial charge >= 0.3 is 0 Å². The van der Waals surface area contributed by atoms with Crippen molar-refractivity contribution in [2.45, 2.75) is 19.8 Å². The topological polar surface area (TPSA) is 49.2 Å². The molecule has 0 aromatic rings. The Hall–Kier alpha value is -0.720. The monoisotopic (exact) mass is 254 g/mol. The molecule has 5 nitrogen and oxygen atoms in total. The number of hydrogen-bond acceptors (Lipinski definition) is 5. The molecule has 0 aromatic heterocycles. The summed E-state index contributed by atoms with van der Waals surface area (Å²) in [5.74, 6) is 0.940. The lowest BCUT2D eigenvalue weighted by Gasteiger charge is -2.30. The van der Waals surface area contributed by atoms with E-state index in [2.05, 4.69) is 14.0 Å². The number of nitrogens with zero attached hydrogens (tertiary/aromatic N) is 3. The van der Waals surface area contributed by atoms with Crippen molar-refractivity contribution >= 4 is 16.8 Å². The van der Waals surface area contributed by atoms with Gasteiger partial charge in [-0.3, -0.25) is 0 Å². The normalized spacial score (nSPS) is 30.2. The summed E-state index contributed by atoms with van der Waals surface area (Å²) < 4.78 is 17.5. The van der Waals surface area contributed by atoms with Crippen molar-refractivity contribution in [3.05, 3.63) is 11.5 Å². The third kappa shape index (κ3) is 2.29. The molecule has 2 fully saturated rings. The zero-order valence-corrected chi connectivity index (χ0v) is 10.9. The lowest BCUT2D eigenvalue weighted by Crippen LogP contribution is -2.44. The molecule has 3 rings (SSSR count). The minimum absolute atomic E-state index is 0.311. The maximum atomic E-state index is 5.66. The van der Waals surface area contributed by atoms with Gasteiger partial charge < -0.3 is 10.1 Å². The highest BCUT2D eigenvalue weighted by Crippen LogP contribution is 2.25. The van der Waals surface area contributed by atoms with E-state index in [0.29, 0.717) is 0 Å². The third-order valence-electron chi connectivity index (χ3n) is 3.11. The van der Waals surface area contributed by atoms with Gasteiger partial charge in [-0.25, -0.2) is 4.31 Å². The summed E-state index contributed by atoms with van der Waals surface area (Å²) in [6.07, 6.45) is 2.12. The number of ether oxygens (including phenoxy) is 1. The van der Waals surface area contributed by atoms with Gasteiger partial charge in [0.15, 0.2) is 5.76 Å². The van der Waals surface area contributed by atoms with Crippen molar-refractivity contribution in [1.29, 1.82) is 0 Å². The first kappa shape index (κ1) is 11.4. The van der Waals surface area contributed by atoms with Gasteiger partial charge in [-0.15, -0.1) is 0 Å². The molecule has 1 atom stereocenters. The molecule has 1 N–H and O–H groups in total. The molecule has 0 aromatic carbocycles. The Morgan fingerprint density at radius 2 is 2.18 bits per heavy atom. The van der Waals surface area contributed by atoms with Gasteiger partial charge in [-0.2, -0.15) is 8.76 Å². The van der Waals surface area contributed by atoms with Crippen LogP contribution in [0.2, 0.25) is 0 Å². The molecule has 0 aliphatic carbocycles. The highest BCUT2D eigenvalue weighted by atomic mass is 32.2. The fourth-order valence-electron chi connectivity index (χ4n) is 2.22. The molecular weight excluding hydrogens is 236 g/mol. The predicted molar refractivity (Wildman–Crippen MR) is 69.6 cm³/mol. The Labute approximate surface area is 104 Å². The summed E-state index contributed by atoms with van der Waals surface area (Å²) in [7, 11) is 0. The van der Waals surface area contributed by atoms with Gasteiger partial charge in [-0.1, -0.05) is 0 Å². The Bertz CT molecular complexity index is 410. The Morgan fingerprint density at radius 1 is 1.35 bits per heavy atom. The van der Waals surface area contributed by atoms with Crippen LogP contribution in [0.15, 0.2) is 20.2 Å². The van der Waals surface area contributed by atoms with Crippen LogP contribution < -0.4 is 5.32 Å². The SMILES string of the molecule is CC1=C2OCCCC2=NS(N2CCNCC2)=N1. The number of fused-ring (bicyclic) bond motifs is 1. The van der Waals surface area contributed by atoms with Crippen molar-refractivity contribution in [2.24, 2.45) is 8.76 Å². The van der Waals surface area contributed by atoms with Crippen molar-refractivity contribution in [1.82, 2.24) is 9.62 Å². The van der Waals surface area contributed by atoms with E-state index < -0.39 is 0 Å². The largest absolute Gasteiger partial charge is 0.490 e. The summed E-state index contributed by atoms with van der Waals surface area (Å²) in [5, 5.41) is 3.36. The van der Waals surface area contributed by atoms with E-state index in [9.17, 15) is 0 Å². The molecule has 17 heavy (non-hydrogen) atoms. The molecule has 0 bridgehead atoms. The van der Waals surface area contributed by atoms with Gasteiger partial charge in [0.05, 0.1) is 29.1 Å². The van der Waals surface area contributed by atoms with E-state index in [0.717, 1.165) is 62.8 Å². The molecule has 2 saturated heterocycles. The van der Waals surface area contributed by atoms with Gasteiger partial charge in [0, 0.05) is 26.2 Å². The highest BCUT2D eigenvalue weighted by Gasteiger charge is 2.24. The van der Waals surface area contributed by atoms with Crippen LogP contribution in [0.4, 0.5) is 0 Å². The maximum absolute atomic E-state index is 5.66. The number of piperazine rings is 1. The minimum Gasteiger partial charge on any atom is -0.490 e. The standard InChI is InChI=1S/C11H18N4OS/c1-9-11-10(3-2-8-16-11)14-17(13-9)15-6-4-12-5-7-15/h12H,2-8H2,1H3. The Balaban J connectivity index is 1.87. The molecule has 0 amide bonds. The second kappa shape index (κ2) is 4.88. The first-order valence-corrected chi connectivity index (χ1v) is 7.28. The summed E-state index contributed by atoms with van der Waals surface area (Å²) in [6, 6.07) is 0. The van der Waals surface area contributed by atoms with Gasteiger partial charge in [0.25, 0.3) is 0 Å². The van der Waals surface area contributed by atoms with E-state index in [1.807, 2.05) is 6.92 Å². The third-order valence-corrected chi connectivity index (χ3v) is 4.76. The maximum Gasteiger partial charge on any atom is 0.163 e. The lowest BCUT2D eigenvalue weighted by atomic mass is 10.1. The molecule has 0 spiro atoms. The fourth-order valence-corrected chi connectivity index (χ4v) is 3.70. The van der Waals surface area contributed by atoms with E-state index in [1.165, 1.54) is 0 Å². The van der Waals surface area contributed by atoms with Crippen molar-refractivity contribution in [3.8, 4) is 0 Å². The Morgan fingerprint density at radius 3 is 3.00 bits per heavy atom. The van der Waals surface area contributed by atoms with Crippen LogP contribution >= 0.6 is 0 Å². The molecular formula is C11H18N4OS. The number of rotatable bonds is 1. The number of nitrogens with one attached hydrogen (secondary N) is 1. The quantitative estimate of drug-likeness (QED) is 0.760. The van der Waals surface area contributed by atoms with Crippen LogP contribution in [-0.4, -0.2) is 42.8 Å². The van der Waals surface area contributed by atoms with Crippen LogP contribution in [0.25, 0.3) is 0 Å². The number of hydrogen-bond donors (Lipinski definition) is 1. The summed E-state index contributed by atoms with van der Waals surface area (Å²) in [6.45, 7) is 6.99. The smallest absolute Gasteiger partial charge is 0.163 e.